The van der Waals surface area contributed by atoms with E-state index in [-0.39, 0.29) is 6.10 Å². The van der Waals surface area contributed by atoms with Crippen molar-refractivity contribution in [2.24, 2.45) is 0 Å². The van der Waals surface area contributed by atoms with Crippen molar-refractivity contribution in [1.29, 1.82) is 0 Å². The van der Waals surface area contributed by atoms with Crippen molar-refractivity contribution in [3.8, 4) is 0 Å². The van der Waals surface area contributed by atoms with E-state index >= 15 is 0 Å². The first kappa shape index (κ1) is 13.6. The van der Waals surface area contributed by atoms with Gasteiger partial charge in [-0.15, -0.1) is 0 Å². The number of nitrogens with zero attached hydrogens (tertiary/aromatic N) is 1. The minimum Gasteiger partial charge on any atom is -0.387 e. The minimum absolute atomic E-state index is 0.355. The van der Waals surface area contributed by atoms with E-state index in [1.165, 1.54) is 18.4 Å². The molecule has 0 aromatic heterocycles. The van der Waals surface area contributed by atoms with E-state index in [1.807, 2.05) is 0 Å². The first-order valence-electron chi connectivity index (χ1n) is 7.13. The van der Waals surface area contributed by atoms with Crippen LogP contribution >= 0.6 is 0 Å². The Morgan fingerprint density at radius 3 is 2.17 bits per heavy atom. The quantitative estimate of drug-likeness (QED) is 0.833. The summed E-state index contributed by atoms with van der Waals surface area (Å²) in [5.74, 6) is 0.551. The number of benzene rings is 1. The molecule has 1 aliphatic carbocycles. The summed E-state index contributed by atoms with van der Waals surface area (Å²) in [6.07, 6.45) is 2.24. The third kappa shape index (κ3) is 3.33. The molecule has 0 saturated heterocycles. The van der Waals surface area contributed by atoms with E-state index in [9.17, 15) is 5.11 Å². The first-order valence-corrected chi connectivity index (χ1v) is 7.13. The van der Waals surface area contributed by atoms with Crippen molar-refractivity contribution in [3.63, 3.8) is 0 Å². The van der Waals surface area contributed by atoms with Gasteiger partial charge >= 0.3 is 0 Å². The molecule has 1 aromatic rings. The Hall–Kier alpha value is -0.860. The van der Waals surface area contributed by atoms with Crippen LogP contribution in [0.15, 0.2) is 24.3 Å². The lowest BCUT2D eigenvalue weighted by Gasteiger charge is -2.23. The average molecular weight is 247 g/mol. The first-order chi connectivity index (χ1) is 8.61. The largest absolute Gasteiger partial charge is 0.387 e. The predicted molar refractivity (Wildman–Crippen MR) is 75.8 cm³/mol. The van der Waals surface area contributed by atoms with E-state index in [4.69, 9.17) is 0 Å². The van der Waals surface area contributed by atoms with Gasteiger partial charge in [-0.2, -0.15) is 0 Å². The molecule has 1 unspecified atom stereocenters. The van der Waals surface area contributed by atoms with Crippen LogP contribution in [0.1, 0.15) is 56.8 Å². The Bertz CT molecular complexity index is 367. The Morgan fingerprint density at radius 1 is 1.17 bits per heavy atom. The van der Waals surface area contributed by atoms with E-state index in [0.29, 0.717) is 5.92 Å². The number of hydrogen-bond acceptors (Lipinski definition) is 2. The maximum atomic E-state index is 10.3. The number of rotatable bonds is 6. The average Bonchev–Trinajstić information content (AvgIpc) is 3.20. The highest BCUT2D eigenvalue weighted by Crippen LogP contribution is 2.28. The van der Waals surface area contributed by atoms with Crippen LogP contribution in [0.2, 0.25) is 0 Å². The molecule has 18 heavy (non-hydrogen) atoms. The van der Waals surface area contributed by atoms with Gasteiger partial charge in [0.15, 0.2) is 0 Å². The molecule has 1 aliphatic rings. The third-order valence-corrected chi connectivity index (χ3v) is 3.86. The SMILES string of the molecule is CCN(CC(O)c1ccc(C(C)C)cc1)C1CC1. The number of hydrogen-bond donors (Lipinski definition) is 1. The lowest BCUT2D eigenvalue weighted by molar-refractivity contribution is 0.112. The molecule has 0 bridgehead atoms. The number of likely N-dealkylation sites (N-methyl/N-ethyl adjacent to an activating group) is 1. The maximum Gasteiger partial charge on any atom is 0.0917 e. The highest BCUT2D eigenvalue weighted by Gasteiger charge is 2.29. The lowest BCUT2D eigenvalue weighted by Crippen LogP contribution is -2.30. The molecule has 100 valence electrons. The van der Waals surface area contributed by atoms with Crippen molar-refractivity contribution in [2.45, 2.75) is 51.7 Å². The highest BCUT2D eigenvalue weighted by molar-refractivity contribution is 5.26. The van der Waals surface area contributed by atoms with Crippen LogP contribution in [0, 0.1) is 0 Å². The smallest absolute Gasteiger partial charge is 0.0917 e. The summed E-state index contributed by atoms with van der Waals surface area (Å²) in [5.41, 5.74) is 2.37. The molecule has 0 amide bonds. The molecular formula is C16H25NO. The second-order valence-corrected chi connectivity index (χ2v) is 5.66. The molecule has 1 N–H and O–H groups in total. The molecule has 0 spiro atoms. The fraction of sp³-hybridized carbons (Fsp3) is 0.625. The summed E-state index contributed by atoms with van der Waals surface area (Å²) in [6.45, 7) is 8.36. The zero-order valence-electron chi connectivity index (χ0n) is 11.8. The Kier molecular flexibility index (Phi) is 4.41. The molecule has 0 heterocycles. The standard InChI is InChI=1S/C16H25NO/c1-4-17(15-9-10-15)11-16(18)14-7-5-13(6-8-14)12(2)3/h5-8,12,15-16,18H,4,9-11H2,1-3H3. The monoisotopic (exact) mass is 247 g/mol. The molecule has 0 aliphatic heterocycles. The number of aliphatic hydroxyl groups excluding tert-OH is 1. The summed E-state index contributed by atoms with van der Waals surface area (Å²) in [5, 5.41) is 10.3. The maximum absolute atomic E-state index is 10.3. The third-order valence-electron chi connectivity index (χ3n) is 3.86. The van der Waals surface area contributed by atoms with E-state index in [2.05, 4.69) is 49.9 Å². The van der Waals surface area contributed by atoms with Gasteiger partial charge in [0.05, 0.1) is 6.10 Å². The van der Waals surface area contributed by atoms with Gasteiger partial charge in [0.2, 0.25) is 0 Å². The summed E-state index contributed by atoms with van der Waals surface area (Å²) in [4.78, 5) is 2.39. The van der Waals surface area contributed by atoms with Crippen LogP contribution in [0.25, 0.3) is 0 Å². The topological polar surface area (TPSA) is 23.5 Å². The molecule has 2 nitrogen and oxygen atoms in total. The zero-order chi connectivity index (χ0) is 13.1. The molecule has 1 fully saturated rings. The van der Waals surface area contributed by atoms with Gasteiger partial charge in [-0.05, 0) is 36.4 Å². The summed E-state index contributed by atoms with van der Waals surface area (Å²) >= 11 is 0. The zero-order valence-corrected chi connectivity index (χ0v) is 11.8. The fourth-order valence-corrected chi connectivity index (χ4v) is 2.41. The van der Waals surface area contributed by atoms with Crippen LogP contribution < -0.4 is 0 Å². The molecule has 1 saturated carbocycles. The van der Waals surface area contributed by atoms with Gasteiger partial charge in [-0.1, -0.05) is 45.0 Å². The van der Waals surface area contributed by atoms with Crippen LogP contribution in [0.4, 0.5) is 0 Å². The second-order valence-electron chi connectivity index (χ2n) is 5.66. The van der Waals surface area contributed by atoms with Gasteiger partial charge in [-0.3, -0.25) is 4.90 Å². The van der Waals surface area contributed by atoms with Crippen LogP contribution in [0.5, 0.6) is 0 Å². The molecule has 1 aromatic carbocycles. The Labute approximate surface area is 111 Å². The Balaban J connectivity index is 1.97. The second kappa shape index (κ2) is 5.85. The van der Waals surface area contributed by atoms with Gasteiger partial charge in [0.25, 0.3) is 0 Å². The normalized spacial score (nSPS) is 17.4. The summed E-state index contributed by atoms with van der Waals surface area (Å²) < 4.78 is 0. The summed E-state index contributed by atoms with van der Waals surface area (Å²) in [6, 6.07) is 9.13. The van der Waals surface area contributed by atoms with Gasteiger partial charge in [0.1, 0.15) is 0 Å². The van der Waals surface area contributed by atoms with Crippen molar-refractivity contribution >= 4 is 0 Å². The molecular weight excluding hydrogens is 222 g/mol. The highest BCUT2D eigenvalue weighted by atomic mass is 16.3. The minimum atomic E-state index is -0.355. The van der Waals surface area contributed by atoms with Gasteiger partial charge in [-0.25, -0.2) is 0 Å². The Morgan fingerprint density at radius 2 is 1.72 bits per heavy atom. The summed E-state index contributed by atoms with van der Waals surface area (Å²) in [7, 11) is 0. The number of aliphatic hydroxyl groups is 1. The van der Waals surface area contributed by atoms with Crippen molar-refractivity contribution in [1.82, 2.24) is 4.90 Å². The van der Waals surface area contributed by atoms with Crippen molar-refractivity contribution < 1.29 is 5.11 Å². The molecule has 2 rings (SSSR count). The lowest BCUT2D eigenvalue weighted by atomic mass is 10.00. The molecule has 0 radical (unpaired) electrons. The van der Waals surface area contributed by atoms with Gasteiger partial charge in [0, 0.05) is 12.6 Å². The van der Waals surface area contributed by atoms with Gasteiger partial charge < -0.3 is 5.11 Å². The molecule has 2 heteroatoms. The van der Waals surface area contributed by atoms with Crippen LogP contribution in [-0.2, 0) is 0 Å². The molecule has 1 atom stereocenters. The van der Waals surface area contributed by atoms with E-state index in [0.717, 1.165) is 24.7 Å². The van der Waals surface area contributed by atoms with Crippen LogP contribution in [-0.4, -0.2) is 29.1 Å². The van der Waals surface area contributed by atoms with E-state index in [1.54, 1.807) is 0 Å². The van der Waals surface area contributed by atoms with E-state index < -0.39 is 0 Å². The van der Waals surface area contributed by atoms with Crippen molar-refractivity contribution in [3.05, 3.63) is 35.4 Å². The fourth-order valence-electron chi connectivity index (χ4n) is 2.41. The van der Waals surface area contributed by atoms with Crippen LogP contribution in [0.3, 0.4) is 0 Å². The van der Waals surface area contributed by atoms with Crippen molar-refractivity contribution in [2.75, 3.05) is 13.1 Å². The predicted octanol–water partition coefficient (Wildman–Crippen LogP) is 3.33.